The molecular weight excluding hydrogens is 464 g/mol. The molecule has 0 aromatic rings. The van der Waals surface area contributed by atoms with Crippen LogP contribution >= 0.6 is 0 Å². The highest BCUT2D eigenvalue weighted by atomic mass is 16.5. The van der Waals surface area contributed by atoms with Crippen molar-refractivity contribution >= 4 is 5.97 Å². The van der Waals surface area contributed by atoms with Crippen molar-refractivity contribution in [1.82, 2.24) is 0 Å². The second kappa shape index (κ2) is 25.2. The van der Waals surface area contributed by atoms with Gasteiger partial charge in [-0.2, -0.15) is 0 Å². The van der Waals surface area contributed by atoms with Gasteiger partial charge < -0.3 is 4.74 Å². The first-order valence-corrected chi connectivity index (χ1v) is 17.0. The third-order valence-corrected chi connectivity index (χ3v) is 8.74. The number of esters is 1. The van der Waals surface area contributed by atoms with Crippen LogP contribution in [0.4, 0.5) is 0 Å². The molecular formula is C36H70O2. The van der Waals surface area contributed by atoms with Crippen LogP contribution in [0.3, 0.4) is 0 Å². The molecule has 0 radical (unpaired) electrons. The van der Waals surface area contributed by atoms with E-state index in [1.54, 1.807) is 6.92 Å². The van der Waals surface area contributed by atoms with Crippen molar-refractivity contribution < 1.29 is 9.53 Å². The second-order valence-electron chi connectivity index (χ2n) is 13.5. The van der Waals surface area contributed by atoms with Crippen LogP contribution in [-0.4, -0.2) is 12.6 Å². The molecule has 4 atom stereocenters. The summed E-state index contributed by atoms with van der Waals surface area (Å²) >= 11 is 0. The van der Waals surface area contributed by atoms with E-state index in [0.29, 0.717) is 24.0 Å². The second-order valence-corrected chi connectivity index (χ2v) is 13.5. The molecule has 0 saturated carbocycles. The maximum absolute atomic E-state index is 12.0. The van der Waals surface area contributed by atoms with Crippen LogP contribution in [0.25, 0.3) is 0 Å². The van der Waals surface area contributed by atoms with Gasteiger partial charge in [-0.25, -0.2) is 4.79 Å². The lowest BCUT2D eigenvalue weighted by Gasteiger charge is -2.25. The van der Waals surface area contributed by atoms with Crippen LogP contribution in [0.15, 0.2) is 12.2 Å². The Balaban J connectivity index is 4.25. The number of hydrogen-bond donors (Lipinski definition) is 0. The van der Waals surface area contributed by atoms with Crippen LogP contribution < -0.4 is 0 Å². The fraction of sp³-hybridized carbons (Fsp3) is 0.917. The van der Waals surface area contributed by atoms with E-state index in [-0.39, 0.29) is 5.97 Å². The number of unbranched alkanes of at least 4 members (excludes halogenated alkanes) is 9. The van der Waals surface area contributed by atoms with Crippen molar-refractivity contribution in [2.45, 2.75) is 177 Å². The van der Waals surface area contributed by atoms with Crippen molar-refractivity contribution in [2.24, 2.45) is 29.6 Å². The van der Waals surface area contributed by atoms with Gasteiger partial charge in [0.2, 0.25) is 0 Å². The number of rotatable bonds is 27. The summed E-state index contributed by atoms with van der Waals surface area (Å²) in [6.45, 7) is 20.3. The van der Waals surface area contributed by atoms with E-state index in [4.69, 9.17) is 4.74 Å². The molecule has 0 aliphatic carbocycles. The van der Waals surface area contributed by atoms with Crippen LogP contribution in [0.1, 0.15) is 177 Å². The van der Waals surface area contributed by atoms with Gasteiger partial charge in [-0.05, 0) is 42.9 Å². The first-order valence-electron chi connectivity index (χ1n) is 17.0. The Kier molecular flexibility index (Phi) is 24.7. The zero-order valence-corrected chi connectivity index (χ0v) is 27.3. The van der Waals surface area contributed by atoms with E-state index in [1.165, 1.54) is 128 Å². The number of ether oxygens (including phenoxy) is 1. The smallest absolute Gasteiger partial charge is 0.333 e. The Bertz CT molecular complexity index is 552. The maximum Gasteiger partial charge on any atom is 0.333 e. The van der Waals surface area contributed by atoms with Gasteiger partial charge in [0.15, 0.2) is 0 Å². The average molecular weight is 535 g/mol. The van der Waals surface area contributed by atoms with Crippen molar-refractivity contribution in [3.05, 3.63) is 12.2 Å². The summed E-state index contributed by atoms with van der Waals surface area (Å²) in [5, 5.41) is 0. The van der Waals surface area contributed by atoms with E-state index in [0.717, 1.165) is 17.8 Å². The summed E-state index contributed by atoms with van der Waals surface area (Å²) in [7, 11) is 0. The zero-order chi connectivity index (χ0) is 28.6. The molecule has 0 fully saturated rings. The Morgan fingerprint density at radius 3 is 1.58 bits per heavy atom. The molecule has 0 aromatic heterocycles. The summed E-state index contributed by atoms with van der Waals surface area (Å²) in [4.78, 5) is 12.0. The summed E-state index contributed by atoms with van der Waals surface area (Å²) in [6.07, 6.45) is 27.1. The molecule has 0 aromatic carbocycles. The molecule has 0 aliphatic rings. The molecule has 226 valence electrons. The number of hydrogen-bond acceptors (Lipinski definition) is 2. The van der Waals surface area contributed by atoms with Crippen LogP contribution in [-0.2, 0) is 9.53 Å². The minimum absolute atomic E-state index is 0.225. The van der Waals surface area contributed by atoms with E-state index >= 15 is 0 Å². The van der Waals surface area contributed by atoms with E-state index in [1.807, 2.05) is 0 Å². The molecule has 4 unspecified atom stereocenters. The SMILES string of the molecule is C=C(C)C(=O)OCC(CCCCC(C)CCCCCCCC(C)C)C(C)CCCC(C)CCCCCCC. The molecule has 0 saturated heterocycles. The molecule has 0 heterocycles. The largest absolute Gasteiger partial charge is 0.462 e. The molecule has 2 heteroatoms. The van der Waals surface area contributed by atoms with Gasteiger partial charge in [-0.1, -0.05) is 170 Å². The third kappa shape index (κ3) is 23.1. The first-order chi connectivity index (χ1) is 18.2. The Morgan fingerprint density at radius 1 is 0.605 bits per heavy atom. The van der Waals surface area contributed by atoms with Crippen LogP contribution in [0.2, 0.25) is 0 Å². The summed E-state index contributed by atoms with van der Waals surface area (Å²) in [5.41, 5.74) is 0.512. The van der Waals surface area contributed by atoms with Crippen molar-refractivity contribution in [3.63, 3.8) is 0 Å². The summed E-state index contributed by atoms with van der Waals surface area (Å²) in [6, 6.07) is 0. The normalized spacial score (nSPS) is 14.8. The zero-order valence-electron chi connectivity index (χ0n) is 27.3. The Morgan fingerprint density at radius 2 is 1.05 bits per heavy atom. The molecule has 0 rings (SSSR count). The standard InChI is InChI=1S/C36H70O2/c1-9-10-11-13-17-24-33(7)26-21-27-34(8)35(29-38-36(37)31(4)5)28-20-19-25-32(6)23-18-15-12-14-16-22-30(2)3/h30,32-35H,4,9-29H2,1-3,5-8H3. The fourth-order valence-corrected chi connectivity index (χ4v) is 5.72. The molecule has 0 N–H and O–H groups in total. The predicted octanol–water partition coefficient (Wildman–Crippen LogP) is 12.1. The van der Waals surface area contributed by atoms with Gasteiger partial charge >= 0.3 is 5.97 Å². The molecule has 0 spiro atoms. The van der Waals surface area contributed by atoms with Crippen molar-refractivity contribution in [3.8, 4) is 0 Å². The Labute approximate surface area is 240 Å². The highest BCUT2D eigenvalue weighted by Crippen LogP contribution is 2.27. The first kappa shape index (κ1) is 37.2. The molecule has 2 nitrogen and oxygen atoms in total. The number of carbonyl (C=O) groups excluding carboxylic acids is 1. The van der Waals surface area contributed by atoms with Gasteiger partial charge in [-0.3, -0.25) is 0 Å². The minimum atomic E-state index is -0.225. The van der Waals surface area contributed by atoms with Crippen LogP contribution in [0.5, 0.6) is 0 Å². The monoisotopic (exact) mass is 535 g/mol. The van der Waals surface area contributed by atoms with Gasteiger partial charge in [0, 0.05) is 5.57 Å². The third-order valence-electron chi connectivity index (χ3n) is 8.74. The lowest BCUT2D eigenvalue weighted by atomic mass is 9.84. The highest BCUT2D eigenvalue weighted by Gasteiger charge is 2.20. The predicted molar refractivity (Wildman–Crippen MR) is 170 cm³/mol. The molecule has 0 aliphatic heterocycles. The molecule has 0 bridgehead atoms. The fourth-order valence-electron chi connectivity index (χ4n) is 5.72. The average Bonchev–Trinajstić information content (AvgIpc) is 2.86. The van der Waals surface area contributed by atoms with E-state index in [9.17, 15) is 4.79 Å². The molecule has 38 heavy (non-hydrogen) atoms. The molecule has 0 amide bonds. The quantitative estimate of drug-likeness (QED) is 0.0595. The minimum Gasteiger partial charge on any atom is -0.462 e. The van der Waals surface area contributed by atoms with Crippen molar-refractivity contribution in [1.29, 1.82) is 0 Å². The van der Waals surface area contributed by atoms with Crippen LogP contribution in [0, 0.1) is 29.6 Å². The highest BCUT2D eigenvalue weighted by molar-refractivity contribution is 5.86. The van der Waals surface area contributed by atoms with Gasteiger partial charge in [0.1, 0.15) is 0 Å². The lowest BCUT2D eigenvalue weighted by molar-refractivity contribution is -0.140. The van der Waals surface area contributed by atoms with Gasteiger partial charge in [-0.15, -0.1) is 0 Å². The topological polar surface area (TPSA) is 26.3 Å². The Hall–Kier alpha value is -0.790. The lowest BCUT2D eigenvalue weighted by Crippen LogP contribution is -2.21. The summed E-state index contributed by atoms with van der Waals surface area (Å²) in [5.74, 6) is 3.39. The van der Waals surface area contributed by atoms with Gasteiger partial charge in [0.25, 0.3) is 0 Å². The van der Waals surface area contributed by atoms with E-state index in [2.05, 4.69) is 48.1 Å². The number of carbonyl (C=O) groups is 1. The van der Waals surface area contributed by atoms with Gasteiger partial charge in [0.05, 0.1) is 6.61 Å². The maximum atomic E-state index is 12.0. The summed E-state index contributed by atoms with van der Waals surface area (Å²) < 4.78 is 5.65. The van der Waals surface area contributed by atoms with Crippen molar-refractivity contribution in [2.75, 3.05) is 6.61 Å². The van der Waals surface area contributed by atoms with E-state index < -0.39 is 0 Å².